The molecule has 3 heterocycles. The molecule has 0 spiro atoms. The smallest absolute Gasteiger partial charge is 0.126 e. The third-order valence-electron chi connectivity index (χ3n) is 4.32. The van der Waals surface area contributed by atoms with Gasteiger partial charge < -0.3 is 14.5 Å². The molecule has 1 aromatic carbocycles. The van der Waals surface area contributed by atoms with Gasteiger partial charge in [-0.1, -0.05) is 4.49 Å². The molecule has 3 aromatic rings. The predicted octanol–water partition coefficient (Wildman–Crippen LogP) is 2.51. The lowest BCUT2D eigenvalue weighted by Gasteiger charge is -2.33. The molecular formula is C17H19N5O2S. The lowest BCUT2D eigenvalue weighted by atomic mass is 10.1. The second-order valence-corrected chi connectivity index (χ2v) is 6.48. The quantitative estimate of drug-likeness (QED) is 0.756. The number of aromatic nitrogens is 4. The van der Waals surface area contributed by atoms with Crippen LogP contribution in [0, 0.1) is 0 Å². The van der Waals surface area contributed by atoms with Crippen LogP contribution in [0.25, 0.3) is 11.3 Å². The molecule has 4 rings (SSSR count). The summed E-state index contributed by atoms with van der Waals surface area (Å²) in [6.07, 6.45) is 1.87. The molecule has 8 heteroatoms. The summed E-state index contributed by atoms with van der Waals surface area (Å²) in [6.45, 7) is 2.94. The summed E-state index contributed by atoms with van der Waals surface area (Å²) in [5, 5.41) is 6.13. The van der Waals surface area contributed by atoms with Gasteiger partial charge in [0.1, 0.15) is 11.6 Å². The zero-order chi connectivity index (χ0) is 17.1. The molecule has 1 aliphatic rings. The van der Waals surface area contributed by atoms with E-state index in [1.807, 2.05) is 35.8 Å². The zero-order valence-electron chi connectivity index (χ0n) is 13.9. The number of nitrogens with one attached hydrogen (secondary N) is 1. The Morgan fingerprint density at radius 3 is 3.00 bits per heavy atom. The van der Waals surface area contributed by atoms with E-state index in [2.05, 4.69) is 24.5 Å². The molecule has 130 valence electrons. The average molecular weight is 357 g/mol. The van der Waals surface area contributed by atoms with Gasteiger partial charge in [0.05, 0.1) is 44.0 Å². The van der Waals surface area contributed by atoms with Gasteiger partial charge in [-0.25, -0.2) is 4.98 Å². The van der Waals surface area contributed by atoms with E-state index < -0.39 is 0 Å². The summed E-state index contributed by atoms with van der Waals surface area (Å²) in [5.74, 6) is 1.75. The van der Waals surface area contributed by atoms with Crippen molar-refractivity contribution < 1.29 is 9.47 Å². The Bertz CT molecular complexity index is 803. The summed E-state index contributed by atoms with van der Waals surface area (Å²) < 4.78 is 14.8. The van der Waals surface area contributed by atoms with Crippen LogP contribution in [0.5, 0.6) is 5.75 Å². The number of nitrogens with zero attached hydrogens (tertiary/aromatic N) is 4. The number of H-pyrrole nitrogens is 1. The molecule has 1 N–H and O–H groups in total. The van der Waals surface area contributed by atoms with Crippen LogP contribution in [-0.2, 0) is 11.3 Å². The summed E-state index contributed by atoms with van der Waals surface area (Å²) in [7, 11) is 1.67. The van der Waals surface area contributed by atoms with Crippen molar-refractivity contribution in [1.82, 2.24) is 24.5 Å². The van der Waals surface area contributed by atoms with Gasteiger partial charge in [-0.2, -0.15) is 0 Å². The van der Waals surface area contributed by atoms with Gasteiger partial charge >= 0.3 is 0 Å². The molecule has 25 heavy (non-hydrogen) atoms. The van der Waals surface area contributed by atoms with E-state index in [0.717, 1.165) is 48.2 Å². The topological polar surface area (TPSA) is 76.2 Å². The predicted molar refractivity (Wildman–Crippen MR) is 94.5 cm³/mol. The molecule has 1 fully saturated rings. The van der Waals surface area contributed by atoms with Crippen LogP contribution in [0.1, 0.15) is 17.6 Å². The molecule has 0 unspecified atom stereocenters. The molecule has 7 nitrogen and oxygen atoms in total. The van der Waals surface area contributed by atoms with Gasteiger partial charge in [0.15, 0.2) is 0 Å². The summed E-state index contributed by atoms with van der Waals surface area (Å²) >= 11 is 1.38. The number of morpholine rings is 1. The SMILES string of the molecule is COc1ccc(-c2cnc([C@@H]3COCCN3Cc3csnn3)[nH]2)cc1. The van der Waals surface area contributed by atoms with Crippen LogP contribution in [0.15, 0.2) is 35.8 Å². The largest absolute Gasteiger partial charge is 0.497 e. The second-order valence-electron chi connectivity index (χ2n) is 5.87. The Morgan fingerprint density at radius 1 is 1.36 bits per heavy atom. The summed E-state index contributed by atoms with van der Waals surface area (Å²) in [5.41, 5.74) is 3.05. The molecule has 0 bridgehead atoms. The Kier molecular flexibility index (Phi) is 4.73. The molecule has 2 aromatic heterocycles. The number of methoxy groups -OCH3 is 1. The van der Waals surface area contributed by atoms with E-state index in [1.165, 1.54) is 11.5 Å². The van der Waals surface area contributed by atoms with E-state index in [9.17, 15) is 0 Å². The Labute approximate surface area is 149 Å². The van der Waals surface area contributed by atoms with Gasteiger partial charge in [-0.15, -0.1) is 5.10 Å². The van der Waals surface area contributed by atoms with E-state index in [4.69, 9.17) is 9.47 Å². The van der Waals surface area contributed by atoms with Crippen LogP contribution in [0.2, 0.25) is 0 Å². The standard InChI is InChI=1S/C17H19N5O2S/c1-23-14-4-2-12(3-5-14)15-8-18-17(19-15)16-10-24-7-6-22(16)9-13-11-25-21-20-13/h2-5,8,11,16H,6-7,9-10H2,1H3,(H,18,19)/t16-/m0/s1. The van der Waals surface area contributed by atoms with Crippen molar-refractivity contribution in [3.05, 3.63) is 47.4 Å². The van der Waals surface area contributed by atoms with E-state index >= 15 is 0 Å². The highest BCUT2D eigenvalue weighted by Gasteiger charge is 2.27. The molecule has 1 saturated heterocycles. The number of hydrogen-bond acceptors (Lipinski definition) is 7. The van der Waals surface area contributed by atoms with Crippen molar-refractivity contribution in [2.45, 2.75) is 12.6 Å². The lowest BCUT2D eigenvalue weighted by Crippen LogP contribution is -2.39. The molecule has 1 atom stereocenters. The monoisotopic (exact) mass is 357 g/mol. The van der Waals surface area contributed by atoms with E-state index in [0.29, 0.717) is 6.61 Å². The fourth-order valence-electron chi connectivity index (χ4n) is 2.96. The second kappa shape index (κ2) is 7.30. The summed E-state index contributed by atoms with van der Waals surface area (Å²) in [4.78, 5) is 10.4. The van der Waals surface area contributed by atoms with E-state index in [-0.39, 0.29) is 6.04 Å². The van der Waals surface area contributed by atoms with Crippen LogP contribution in [0.4, 0.5) is 0 Å². The summed E-state index contributed by atoms with van der Waals surface area (Å²) in [6, 6.07) is 8.02. The first-order valence-corrected chi connectivity index (χ1v) is 8.94. The highest BCUT2D eigenvalue weighted by Crippen LogP contribution is 2.27. The van der Waals surface area contributed by atoms with Crippen LogP contribution in [0.3, 0.4) is 0 Å². The minimum atomic E-state index is 0.0856. The molecule has 1 aliphatic heterocycles. The highest BCUT2D eigenvalue weighted by atomic mass is 32.1. The number of benzene rings is 1. The van der Waals surface area contributed by atoms with Crippen LogP contribution >= 0.6 is 11.5 Å². The van der Waals surface area contributed by atoms with Crippen molar-refractivity contribution in [2.24, 2.45) is 0 Å². The highest BCUT2D eigenvalue weighted by molar-refractivity contribution is 7.03. The normalized spacial score (nSPS) is 18.4. The Balaban J connectivity index is 1.54. The maximum absolute atomic E-state index is 5.68. The first-order chi connectivity index (χ1) is 12.3. The minimum absolute atomic E-state index is 0.0856. The van der Waals surface area contributed by atoms with Gasteiger partial charge in [-0.05, 0) is 41.4 Å². The van der Waals surface area contributed by atoms with E-state index in [1.54, 1.807) is 7.11 Å². The lowest BCUT2D eigenvalue weighted by molar-refractivity contribution is -0.0161. The number of hydrogen-bond donors (Lipinski definition) is 1. The van der Waals surface area contributed by atoms with Crippen molar-refractivity contribution >= 4 is 11.5 Å². The zero-order valence-corrected chi connectivity index (χ0v) is 14.7. The Morgan fingerprint density at radius 2 is 2.24 bits per heavy atom. The molecule has 0 saturated carbocycles. The minimum Gasteiger partial charge on any atom is -0.497 e. The van der Waals surface area contributed by atoms with Gasteiger partial charge in [-0.3, -0.25) is 4.90 Å². The van der Waals surface area contributed by atoms with Crippen molar-refractivity contribution in [2.75, 3.05) is 26.9 Å². The fourth-order valence-corrected chi connectivity index (χ4v) is 3.41. The van der Waals surface area contributed by atoms with Crippen LogP contribution < -0.4 is 4.74 Å². The molecule has 0 amide bonds. The maximum Gasteiger partial charge on any atom is 0.126 e. The molecular weight excluding hydrogens is 338 g/mol. The molecule has 0 radical (unpaired) electrons. The van der Waals surface area contributed by atoms with Crippen LogP contribution in [-0.4, -0.2) is 51.3 Å². The number of ether oxygens (including phenoxy) is 2. The average Bonchev–Trinajstić information content (AvgIpc) is 3.34. The first kappa shape index (κ1) is 16.2. The number of rotatable bonds is 5. The van der Waals surface area contributed by atoms with Gasteiger partial charge in [0, 0.05) is 18.5 Å². The molecule has 0 aliphatic carbocycles. The first-order valence-electron chi connectivity index (χ1n) is 8.10. The third kappa shape index (κ3) is 3.55. The maximum atomic E-state index is 5.68. The third-order valence-corrected chi connectivity index (χ3v) is 4.88. The fraction of sp³-hybridized carbons (Fsp3) is 0.353. The van der Waals surface area contributed by atoms with Gasteiger partial charge in [0.2, 0.25) is 0 Å². The van der Waals surface area contributed by atoms with Crippen molar-refractivity contribution in [3.8, 4) is 17.0 Å². The number of aromatic amines is 1. The van der Waals surface area contributed by atoms with Crippen molar-refractivity contribution in [1.29, 1.82) is 0 Å². The number of imidazole rings is 1. The van der Waals surface area contributed by atoms with Gasteiger partial charge in [0.25, 0.3) is 0 Å². The van der Waals surface area contributed by atoms with Crippen molar-refractivity contribution in [3.63, 3.8) is 0 Å². The Hall–Kier alpha value is -2.29.